The first-order valence-electron chi connectivity index (χ1n) is 4.70. The molecule has 0 spiro atoms. The van der Waals surface area contributed by atoms with E-state index in [-0.39, 0.29) is 24.0 Å². The number of hydrogen-bond donors (Lipinski definition) is 0. The van der Waals surface area contributed by atoms with Crippen LogP contribution in [-0.2, 0) is 9.47 Å². The zero-order valence-corrected chi connectivity index (χ0v) is 12.0. The normalized spacial score (nSPS) is 18.4. The Balaban J connectivity index is 3.67. The van der Waals surface area contributed by atoms with Crippen LogP contribution in [-0.4, -0.2) is 40.9 Å². The van der Waals surface area contributed by atoms with Crippen molar-refractivity contribution in [1.29, 1.82) is 0 Å². The van der Waals surface area contributed by atoms with Gasteiger partial charge in [0.25, 0.3) is 0 Å². The van der Waals surface area contributed by atoms with Gasteiger partial charge in [-0.1, -0.05) is 0 Å². The second kappa shape index (κ2) is 8.51. The Morgan fingerprint density at radius 1 is 0.938 bits per heavy atom. The summed E-state index contributed by atoms with van der Waals surface area (Å²) in [6.45, 7) is 3.40. The molecule has 0 rings (SSSR count). The monoisotopic (exact) mass is 310 g/mol. The molecule has 0 saturated heterocycles. The Hall–Kier alpha value is 0.430. The maximum atomic E-state index is 11.0. The molecule has 96 valence electrons. The largest absolute Gasteiger partial charge is 0.508 e. The number of ether oxygens (including phenoxy) is 2. The minimum atomic E-state index is -0.828. The summed E-state index contributed by atoms with van der Waals surface area (Å²) in [7, 11) is 0. The molecule has 0 aliphatic rings. The van der Waals surface area contributed by atoms with E-state index < -0.39 is 16.9 Å². The Morgan fingerprint density at radius 2 is 1.25 bits per heavy atom. The number of rotatable bonds is 6. The van der Waals surface area contributed by atoms with Crippen molar-refractivity contribution in [1.82, 2.24) is 0 Å². The van der Waals surface area contributed by atoms with Gasteiger partial charge < -0.3 is 9.47 Å². The van der Waals surface area contributed by atoms with Crippen LogP contribution in [0.3, 0.4) is 0 Å². The first kappa shape index (κ1) is 16.4. The summed E-state index contributed by atoms with van der Waals surface area (Å²) in [6.07, 6.45) is -0.828. The number of halogens is 4. The van der Waals surface area contributed by atoms with Crippen molar-refractivity contribution in [3.05, 3.63) is 0 Å². The molecule has 4 atom stereocenters. The summed E-state index contributed by atoms with van der Waals surface area (Å²) in [4.78, 5) is 11.0. The molecule has 0 aliphatic heterocycles. The highest BCUT2D eigenvalue weighted by atomic mass is 35.5. The van der Waals surface area contributed by atoms with Gasteiger partial charge in [0.15, 0.2) is 0 Å². The molecule has 0 amide bonds. The lowest BCUT2D eigenvalue weighted by Crippen LogP contribution is -2.24. The van der Waals surface area contributed by atoms with Crippen molar-refractivity contribution in [2.75, 3.05) is 13.2 Å². The Bertz CT molecular complexity index is 191. The van der Waals surface area contributed by atoms with Crippen LogP contribution in [0.4, 0.5) is 4.79 Å². The van der Waals surface area contributed by atoms with E-state index in [1.54, 1.807) is 13.8 Å². The lowest BCUT2D eigenvalue weighted by atomic mass is 10.3. The van der Waals surface area contributed by atoms with Crippen LogP contribution in [0.5, 0.6) is 0 Å². The standard InChI is InChI=1S/C9H14Cl4O3/c1-5(10)7(12)3-15-9(14)16-4-8(13)6(2)11/h5-8H,3-4H2,1-2H3. The molecule has 0 aromatic heterocycles. The molecular formula is C9H14Cl4O3. The molecule has 0 saturated carbocycles. The molecule has 4 unspecified atom stereocenters. The van der Waals surface area contributed by atoms with E-state index in [0.29, 0.717) is 0 Å². The Labute approximate surface area is 115 Å². The van der Waals surface area contributed by atoms with Gasteiger partial charge in [0.2, 0.25) is 0 Å². The predicted octanol–water partition coefficient (Wildman–Crippen LogP) is 3.61. The second-order valence-electron chi connectivity index (χ2n) is 3.26. The number of carbonyl (C=O) groups is 1. The third kappa shape index (κ3) is 7.66. The van der Waals surface area contributed by atoms with Crippen molar-refractivity contribution < 1.29 is 14.3 Å². The fourth-order valence-electron chi connectivity index (χ4n) is 0.602. The molecule has 0 radical (unpaired) electrons. The van der Waals surface area contributed by atoms with Crippen LogP contribution < -0.4 is 0 Å². The van der Waals surface area contributed by atoms with Crippen LogP contribution in [0.1, 0.15) is 13.8 Å². The predicted molar refractivity (Wildman–Crippen MR) is 67.2 cm³/mol. The van der Waals surface area contributed by atoms with E-state index in [4.69, 9.17) is 55.9 Å². The number of carbonyl (C=O) groups excluding carboxylic acids is 1. The van der Waals surface area contributed by atoms with Gasteiger partial charge in [-0.3, -0.25) is 0 Å². The smallest absolute Gasteiger partial charge is 0.433 e. The molecular weight excluding hydrogens is 298 g/mol. The van der Waals surface area contributed by atoms with Gasteiger partial charge in [-0.2, -0.15) is 0 Å². The Kier molecular flexibility index (Phi) is 8.74. The van der Waals surface area contributed by atoms with E-state index in [0.717, 1.165) is 0 Å². The van der Waals surface area contributed by atoms with Crippen molar-refractivity contribution in [2.45, 2.75) is 35.4 Å². The molecule has 7 heteroatoms. The fourth-order valence-corrected chi connectivity index (χ4v) is 0.874. The maximum Gasteiger partial charge on any atom is 0.508 e. The van der Waals surface area contributed by atoms with Crippen LogP contribution in [0.15, 0.2) is 0 Å². The van der Waals surface area contributed by atoms with E-state index in [9.17, 15) is 4.79 Å². The lowest BCUT2D eigenvalue weighted by molar-refractivity contribution is 0.0552. The van der Waals surface area contributed by atoms with Crippen LogP contribution in [0, 0.1) is 0 Å². The van der Waals surface area contributed by atoms with Crippen molar-refractivity contribution in [3.8, 4) is 0 Å². The summed E-state index contributed by atoms with van der Waals surface area (Å²) >= 11 is 22.9. The highest BCUT2D eigenvalue weighted by molar-refractivity contribution is 6.30. The second-order valence-corrected chi connectivity index (χ2v) is 5.76. The van der Waals surface area contributed by atoms with E-state index >= 15 is 0 Å². The summed E-state index contributed by atoms with van der Waals surface area (Å²) < 4.78 is 9.43. The molecule has 16 heavy (non-hydrogen) atoms. The number of hydrogen-bond acceptors (Lipinski definition) is 3. The lowest BCUT2D eigenvalue weighted by Gasteiger charge is -2.14. The van der Waals surface area contributed by atoms with Gasteiger partial charge in [0.1, 0.15) is 13.2 Å². The number of alkyl halides is 4. The molecule has 0 N–H and O–H groups in total. The molecule has 0 aromatic carbocycles. The molecule has 3 nitrogen and oxygen atoms in total. The highest BCUT2D eigenvalue weighted by Crippen LogP contribution is 2.11. The highest BCUT2D eigenvalue weighted by Gasteiger charge is 2.17. The molecule has 0 aliphatic carbocycles. The van der Waals surface area contributed by atoms with Crippen LogP contribution in [0.25, 0.3) is 0 Å². The third-order valence-electron chi connectivity index (χ3n) is 1.72. The quantitative estimate of drug-likeness (QED) is 0.555. The first-order chi connectivity index (χ1) is 7.34. The van der Waals surface area contributed by atoms with Crippen LogP contribution in [0.2, 0.25) is 0 Å². The summed E-state index contributed by atoms with van der Waals surface area (Å²) in [5, 5.41) is -1.49. The van der Waals surface area contributed by atoms with Gasteiger partial charge in [0, 0.05) is 0 Å². The SMILES string of the molecule is CC(Cl)C(Cl)COC(=O)OCC(Cl)C(C)Cl. The molecule has 0 bridgehead atoms. The third-order valence-corrected chi connectivity index (χ3v) is 3.59. The maximum absolute atomic E-state index is 11.0. The average Bonchev–Trinajstić information content (AvgIpc) is 2.21. The van der Waals surface area contributed by atoms with Crippen molar-refractivity contribution in [3.63, 3.8) is 0 Å². The minimum Gasteiger partial charge on any atom is -0.433 e. The summed E-state index contributed by atoms with van der Waals surface area (Å²) in [5.74, 6) is 0. The first-order valence-corrected chi connectivity index (χ1v) is 6.45. The van der Waals surface area contributed by atoms with Gasteiger partial charge in [-0.15, -0.1) is 46.4 Å². The van der Waals surface area contributed by atoms with Gasteiger partial charge in [-0.05, 0) is 13.8 Å². The minimum absolute atomic E-state index is 0.00552. The van der Waals surface area contributed by atoms with Crippen LogP contribution >= 0.6 is 46.4 Å². The van der Waals surface area contributed by atoms with Crippen molar-refractivity contribution in [2.24, 2.45) is 0 Å². The fraction of sp³-hybridized carbons (Fsp3) is 0.889. The summed E-state index contributed by atoms with van der Waals surface area (Å²) in [6, 6.07) is 0. The molecule has 0 aromatic rings. The van der Waals surface area contributed by atoms with E-state index in [2.05, 4.69) is 0 Å². The van der Waals surface area contributed by atoms with Gasteiger partial charge in [-0.25, -0.2) is 4.79 Å². The van der Waals surface area contributed by atoms with E-state index in [1.807, 2.05) is 0 Å². The topological polar surface area (TPSA) is 35.5 Å². The molecule has 0 fully saturated rings. The Morgan fingerprint density at radius 3 is 1.50 bits per heavy atom. The van der Waals surface area contributed by atoms with E-state index in [1.165, 1.54) is 0 Å². The van der Waals surface area contributed by atoms with Gasteiger partial charge >= 0.3 is 6.16 Å². The van der Waals surface area contributed by atoms with Crippen molar-refractivity contribution >= 4 is 52.6 Å². The molecule has 0 heterocycles. The average molecular weight is 312 g/mol. The zero-order chi connectivity index (χ0) is 12.7. The van der Waals surface area contributed by atoms with Gasteiger partial charge in [0.05, 0.1) is 21.5 Å². The summed E-state index contributed by atoms with van der Waals surface area (Å²) in [5.41, 5.74) is 0. The zero-order valence-electron chi connectivity index (χ0n) is 8.96.